The number of phenolic OH excluding ortho intramolecular Hbond substituents is 1. The summed E-state index contributed by atoms with van der Waals surface area (Å²) in [6.45, 7) is 7.33. The van der Waals surface area contributed by atoms with E-state index in [2.05, 4.69) is 57.1 Å². The van der Waals surface area contributed by atoms with Crippen molar-refractivity contribution in [3.8, 4) is 5.75 Å². The lowest BCUT2D eigenvalue weighted by Gasteiger charge is -2.28. The minimum absolute atomic E-state index is 0.0848. The van der Waals surface area contributed by atoms with E-state index in [-0.39, 0.29) is 5.16 Å². The second-order valence-electron chi connectivity index (χ2n) is 6.62. The molecule has 0 fully saturated rings. The summed E-state index contributed by atoms with van der Waals surface area (Å²) in [5, 5.41) is 11.7. The van der Waals surface area contributed by atoms with Crippen LogP contribution in [0.2, 0.25) is 0 Å². The molecule has 1 atom stereocenters. The van der Waals surface area contributed by atoms with Crippen LogP contribution in [-0.4, -0.2) is 24.1 Å². The monoisotopic (exact) mass is 315 g/mol. The fourth-order valence-corrected chi connectivity index (χ4v) is 4.20. The van der Waals surface area contributed by atoms with E-state index in [1.807, 2.05) is 25.1 Å². The molecule has 0 amide bonds. The lowest BCUT2D eigenvalue weighted by Crippen LogP contribution is -2.20. The summed E-state index contributed by atoms with van der Waals surface area (Å²) < 4.78 is 0. The summed E-state index contributed by atoms with van der Waals surface area (Å²) in [4.78, 5) is 2.19. The number of hydrogen-bond acceptors (Lipinski definition) is 2. The molecule has 2 rings (SSSR count). The molecule has 0 aliphatic heterocycles. The van der Waals surface area contributed by atoms with Gasteiger partial charge in [-0.3, -0.25) is 0 Å². The van der Waals surface area contributed by atoms with Gasteiger partial charge in [-0.1, -0.05) is 64.9 Å². The van der Waals surface area contributed by atoms with Crippen molar-refractivity contribution in [3.05, 3.63) is 59.2 Å². The first kappa shape index (κ1) is 17.0. The zero-order valence-electron chi connectivity index (χ0n) is 14.1. The topological polar surface area (TPSA) is 23.5 Å². The van der Waals surface area contributed by atoms with E-state index < -0.39 is 0 Å². The van der Waals surface area contributed by atoms with Crippen LogP contribution in [0.3, 0.4) is 0 Å². The van der Waals surface area contributed by atoms with E-state index in [0.717, 1.165) is 17.7 Å². The number of aryl methyl sites for hydroxylation is 1. The largest absolute Gasteiger partial charge is 0.507 e. The lowest BCUT2D eigenvalue weighted by molar-refractivity contribution is 0.403. The quantitative estimate of drug-likeness (QED) is 0.843. The molecule has 118 valence electrons. The molecular weight excluding hydrogens is 289 g/mol. The predicted molar refractivity (Wildman–Crippen MR) is 97.7 cm³/mol. The molecule has 0 heterocycles. The van der Waals surface area contributed by atoms with Crippen molar-refractivity contribution in [3.63, 3.8) is 0 Å². The van der Waals surface area contributed by atoms with Crippen molar-refractivity contribution in [2.45, 2.75) is 32.5 Å². The van der Waals surface area contributed by atoms with Gasteiger partial charge in [-0.15, -0.1) is 0 Å². The molecule has 0 aliphatic carbocycles. The van der Waals surface area contributed by atoms with E-state index in [0.29, 0.717) is 14.3 Å². The molecule has 2 aromatic carbocycles. The first-order valence-corrected chi connectivity index (χ1v) is 8.61. The van der Waals surface area contributed by atoms with Crippen LogP contribution in [0.5, 0.6) is 5.75 Å². The van der Waals surface area contributed by atoms with Crippen LogP contribution in [0, 0.1) is 6.92 Å². The SMILES string of the molecule is Cc1cccc(C(C)(C)Pc2ccccc2CN(C)C)c1O. The Balaban J connectivity index is 2.35. The Kier molecular flexibility index (Phi) is 5.26. The van der Waals surface area contributed by atoms with Gasteiger partial charge in [0.25, 0.3) is 0 Å². The molecule has 0 bridgehead atoms. The van der Waals surface area contributed by atoms with Gasteiger partial charge in [0.05, 0.1) is 0 Å². The van der Waals surface area contributed by atoms with Crippen LogP contribution >= 0.6 is 8.58 Å². The zero-order chi connectivity index (χ0) is 16.3. The van der Waals surface area contributed by atoms with Gasteiger partial charge in [0.1, 0.15) is 5.75 Å². The van der Waals surface area contributed by atoms with E-state index in [4.69, 9.17) is 0 Å². The number of hydrogen-bond donors (Lipinski definition) is 1. The highest BCUT2D eigenvalue weighted by molar-refractivity contribution is 7.48. The Morgan fingerprint density at radius 1 is 1.05 bits per heavy atom. The molecule has 0 aliphatic rings. The van der Waals surface area contributed by atoms with Gasteiger partial charge in [-0.2, -0.15) is 0 Å². The van der Waals surface area contributed by atoms with E-state index in [1.54, 1.807) is 0 Å². The van der Waals surface area contributed by atoms with Gasteiger partial charge in [0.2, 0.25) is 0 Å². The van der Waals surface area contributed by atoms with Crippen LogP contribution in [0.15, 0.2) is 42.5 Å². The number of para-hydroxylation sites is 1. The minimum atomic E-state index is -0.0848. The minimum Gasteiger partial charge on any atom is -0.507 e. The van der Waals surface area contributed by atoms with Gasteiger partial charge in [0.15, 0.2) is 0 Å². The molecule has 0 radical (unpaired) electrons. The maximum Gasteiger partial charge on any atom is 0.122 e. The van der Waals surface area contributed by atoms with Crippen molar-refractivity contribution < 1.29 is 5.11 Å². The van der Waals surface area contributed by atoms with E-state index >= 15 is 0 Å². The summed E-state index contributed by atoms with van der Waals surface area (Å²) >= 11 is 0. The molecule has 0 spiro atoms. The van der Waals surface area contributed by atoms with Crippen LogP contribution in [0.4, 0.5) is 0 Å². The normalized spacial score (nSPS) is 12.5. The summed E-state index contributed by atoms with van der Waals surface area (Å²) in [6, 6.07) is 14.7. The van der Waals surface area contributed by atoms with Crippen molar-refractivity contribution >= 4 is 13.9 Å². The second kappa shape index (κ2) is 6.81. The highest BCUT2D eigenvalue weighted by Crippen LogP contribution is 2.45. The summed E-state index contributed by atoms with van der Waals surface area (Å²) in [5.74, 6) is 0.435. The highest BCUT2D eigenvalue weighted by atomic mass is 31.1. The smallest absolute Gasteiger partial charge is 0.122 e. The Morgan fingerprint density at radius 2 is 1.73 bits per heavy atom. The third-order valence-electron chi connectivity index (χ3n) is 3.86. The van der Waals surface area contributed by atoms with Crippen molar-refractivity contribution in [1.29, 1.82) is 0 Å². The average molecular weight is 315 g/mol. The summed E-state index contributed by atoms with van der Waals surface area (Å²) in [5.41, 5.74) is 3.34. The average Bonchev–Trinajstić information content (AvgIpc) is 2.43. The molecular formula is C19H26NOP. The summed E-state index contributed by atoms with van der Waals surface area (Å²) in [7, 11) is 4.80. The van der Waals surface area contributed by atoms with E-state index in [9.17, 15) is 5.11 Å². The maximum atomic E-state index is 10.4. The molecule has 0 saturated heterocycles. The Labute approximate surface area is 136 Å². The molecule has 2 aromatic rings. The fourth-order valence-electron chi connectivity index (χ4n) is 2.69. The molecule has 0 saturated carbocycles. The number of rotatable bonds is 5. The van der Waals surface area contributed by atoms with Gasteiger partial charge in [0, 0.05) is 17.3 Å². The molecule has 1 N–H and O–H groups in total. The Morgan fingerprint density at radius 3 is 2.41 bits per heavy atom. The van der Waals surface area contributed by atoms with E-state index in [1.165, 1.54) is 10.9 Å². The van der Waals surface area contributed by atoms with Gasteiger partial charge >= 0.3 is 0 Å². The van der Waals surface area contributed by atoms with Crippen molar-refractivity contribution in [2.75, 3.05) is 14.1 Å². The first-order chi connectivity index (χ1) is 10.3. The zero-order valence-corrected chi connectivity index (χ0v) is 15.1. The third-order valence-corrected chi connectivity index (χ3v) is 5.51. The maximum absolute atomic E-state index is 10.4. The van der Waals surface area contributed by atoms with Crippen LogP contribution < -0.4 is 5.30 Å². The van der Waals surface area contributed by atoms with Gasteiger partial charge in [-0.25, -0.2) is 0 Å². The first-order valence-electron chi connectivity index (χ1n) is 7.61. The van der Waals surface area contributed by atoms with Crippen molar-refractivity contribution in [1.82, 2.24) is 4.90 Å². The van der Waals surface area contributed by atoms with Crippen LogP contribution in [0.1, 0.15) is 30.5 Å². The molecule has 0 aromatic heterocycles. The number of benzene rings is 2. The standard InChI is InChI=1S/C19H26NOP/c1-14-9-8-11-16(18(14)21)19(2,3)22-17-12-7-6-10-15(17)13-20(4)5/h6-12,21-22H,13H2,1-5H3. The molecule has 2 nitrogen and oxygen atoms in total. The molecule has 22 heavy (non-hydrogen) atoms. The number of aromatic hydroxyl groups is 1. The fraction of sp³-hybridized carbons (Fsp3) is 0.368. The predicted octanol–water partition coefficient (Wildman–Crippen LogP) is 4.00. The molecule has 3 heteroatoms. The van der Waals surface area contributed by atoms with Gasteiger partial charge in [-0.05, 0) is 37.5 Å². The second-order valence-corrected chi connectivity index (χ2v) is 8.65. The number of phenols is 1. The third kappa shape index (κ3) is 3.88. The number of nitrogens with zero attached hydrogens (tertiary/aromatic N) is 1. The van der Waals surface area contributed by atoms with Crippen LogP contribution in [0.25, 0.3) is 0 Å². The summed E-state index contributed by atoms with van der Waals surface area (Å²) in [6.07, 6.45) is 0. The highest BCUT2D eigenvalue weighted by Gasteiger charge is 2.25. The Hall–Kier alpha value is -1.37. The lowest BCUT2D eigenvalue weighted by atomic mass is 9.99. The van der Waals surface area contributed by atoms with Crippen molar-refractivity contribution in [2.24, 2.45) is 0 Å². The van der Waals surface area contributed by atoms with Gasteiger partial charge < -0.3 is 10.0 Å². The Bertz CT molecular complexity index is 650. The molecule has 1 unspecified atom stereocenters. The van der Waals surface area contributed by atoms with Crippen LogP contribution in [-0.2, 0) is 11.7 Å².